The van der Waals surface area contributed by atoms with Gasteiger partial charge in [0.25, 0.3) is 0 Å². The number of carbonyl (C=O) groups excluding carboxylic acids is 2. The zero-order valence-corrected chi connectivity index (χ0v) is 28.2. The lowest BCUT2D eigenvalue weighted by molar-refractivity contribution is -0.141. The minimum Gasteiger partial charge on any atom is -0.496 e. The smallest absolute Gasteiger partial charge is 0.374 e. The molecule has 0 aliphatic carbocycles. The number of unbranched alkanes of at least 4 members (excludes halogenated alkanes) is 3. The highest BCUT2D eigenvalue weighted by atomic mass is 16.6. The van der Waals surface area contributed by atoms with Crippen molar-refractivity contribution in [1.29, 1.82) is 0 Å². The van der Waals surface area contributed by atoms with Crippen molar-refractivity contribution in [1.82, 2.24) is 15.1 Å². The van der Waals surface area contributed by atoms with E-state index in [0.29, 0.717) is 59.0 Å². The van der Waals surface area contributed by atoms with Gasteiger partial charge in [0.2, 0.25) is 11.7 Å². The Morgan fingerprint density at radius 2 is 2.06 bits per heavy atom. The molecule has 1 amide bonds. The molecule has 3 atom stereocenters. The monoisotopic (exact) mass is 677 g/mol. The van der Waals surface area contributed by atoms with Gasteiger partial charge in [-0.05, 0) is 31.9 Å². The molecule has 0 fully saturated rings. The predicted octanol–water partition coefficient (Wildman–Crippen LogP) is 2.06. The van der Waals surface area contributed by atoms with Crippen LogP contribution in [0, 0.1) is 0 Å². The summed E-state index contributed by atoms with van der Waals surface area (Å²) in [5.41, 5.74) is 6.98. The molecule has 0 saturated heterocycles. The van der Waals surface area contributed by atoms with E-state index in [0.717, 1.165) is 25.7 Å². The zero-order valence-electron chi connectivity index (χ0n) is 28.2. The molecule has 6 rings (SSSR count). The first-order valence-corrected chi connectivity index (χ1v) is 16.6. The minimum atomic E-state index is -1.13. The molecule has 0 radical (unpaired) electrons. The number of nitrogens with zero attached hydrogens (tertiary/aromatic N) is 5. The van der Waals surface area contributed by atoms with E-state index < -0.39 is 36.5 Å². The Balaban J connectivity index is 1.35. The molecule has 0 spiro atoms. The number of esters is 1. The Bertz CT molecular complexity index is 1710. The van der Waals surface area contributed by atoms with Crippen molar-refractivity contribution in [2.45, 2.75) is 83.9 Å². The Morgan fingerprint density at radius 3 is 2.80 bits per heavy atom. The number of benzene rings is 1. The number of fused-ring (bicyclic) bond motifs is 3. The number of nitrogens with one attached hydrogen (secondary N) is 1. The molecule has 0 saturated carbocycles. The van der Waals surface area contributed by atoms with E-state index in [1.165, 1.54) is 0 Å². The normalized spacial score (nSPS) is 22.6. The largest absolute Gasteiger partial charge is 0.496 e. The summed E-state index contributed by atoms with van der Waals surface area (Å²) >= 11 is 0. The van der Waals surface area contributed by atoms with Gasteiger partial charge in [-0.1, -0.05) is 38.7 Å². The minimum absolute atomic E-state index is 0.0659. The Kier molecular flexibility index (Phi) is 9.65. The molecule has 5 N–H and O–H groups in total. The highest BCUT2D eigenvalue weighted by molar-refractivity contribution is 6.69. The fourth-order valence-electron chi connectivity index (χ4n) is 6.69. The van der Waals surface area contributed by atoms with E-state index in [-0.39, 0.29) is 36.5 Å². The molecule has 3 unspecified atom stereocenters. The first-order chi connectivity index (χ1) is 23.6. The van der Waals surface area contributed by atoms with E-state index >= 15 is 0 Å². The number of methoxy groups -OCH3 is 1. The van der Waals surface area contributed by atoms with Crippen molar-refractivity contribution in [3.05, 3.63) is 47.0 Å². The Morgan fingerprint density at radius 1 is 1.24 bits per heavy atom. The molecule has 5 aliphatic heterocycles. The Hall–Kier alpha value is -4.89. The topological polar surface area (TPSA) is 193 Å². The van der Waals surface area contributed by atoms with Crippen molar-refractivity contribution in [3.8, 4) is 17.2 Å². The van der Waals surface area contributed by atoms with E-state index in [1.807, 2.05) is 17.2 Å². The standard InChI is InChI=1S/C34H43N7O8/c1-5-7-8-9-11-34(3,45)23-16-20-26(49-23)21(17-42)28-24(27(20)46-4)19(15-22(48-28)31(44)47-6-2)10-13-40-14-12-36-33(40)41-18-37-25-29(41)38-32(35)39-30(25)43/h10,12,14-15,23,33,36,42,45H,5-9,11,13,16-18H2,1-4H3,(H2,35,39,43). The maximum Gasteiger partial charge on any atom is 0.374 e. The third-order valence-electron chi connectivity index (χ3n) is 9.20. The lowest BCUT2D eigenvalue weighted by Gasteiger charge is -2.34. The highest BCUT2D eigenvalue weighted by Crippen LogP contribution is 2.53. The number of nitrogens with two attached hydrogens (primary N) is 1. The van der Waals surface area contributed by atoms with Gasteiger partial charge < -0.3 is 45.1 Å². The maximum absolute atomic E-state index is 13.0. The van der Waals surface area contributed by atoms with Gasteiger partial charge in [0.15, 0.2) is 17.8 Å². The van der Waals surface area contributed by atoms with Crippen molar-refractivity contribution in [2.24, 2.45) is 20.7 Å². The van der Waals surface area contributed by atoms with Gasteiger partial charge in [0, 0.05) is 30.9 Å². The molecule has 262 valence electrons. The van der Waals surface area contributed by atoms with Gasteiger partial charge >= 0.3 is 11.9 Å². The van der Waals surface area contributed by atoms with Gasteiger partial charge in [-0.3, -0.25) is 14.7 Å². The van der Waals surface area contributed by atoms with Crippen molar-refractivity contribution in [2.75, 3.05) is 26.9 Å². The summed E-state index contributed by atoms with van der Waals surface area (Å²) in [5.74, 6) is -0.0192. The molecule has 0 bridgehead atoms. The molecular weight excluding hydrogens is 634 g/mol. The van der Waals surface area contributed by atoms with Crippen LogP contribution in [-0.2, 0) is 27.4 Å². The number of allylic oxidation sites excluding steroid dienone is 2. The van der Waals surface area contributed by atoms with Crippen LogP contribution in [0.25, 0.3) is 5.57 Å². The van der Waals surface area contributed by atoms with Crippen molar-refractivity contribution >= 4 is 35.0 Å². The summed E-state index contributed by atoms with van der Waals surface area (Å²) in [6.45, 7) is 5.79. The number of rotatable bonds is 13. The number of hydrogen-bond acceptors (Lipinski definition) is 14. The third-order valence-corrected chi connectivity index (χ3v) is 9.20. The van der Waals surface area contributed by atoms with Gasteiger partial charge in [-0.15, -0.1) is 0 Å². The van der Waals surface area contributed by atoms with Gasteiger partial charge in [0.1, 0.15) is 30.0 Å². The number of amides is 1. The summed E-state index contributed by atoms with van der Waals surface area (Å²) in [6.07, 6.45) is 11.0. The fraction of sp³-hybridized carbons (Fsp3) is 0.500. The molecule has 5 aliphatic rings. The second-order valence-corrected chi connectivity index (χ2v) is 12.5. The first-order valence-electron chi connectivity index (χ1n) is 16.6. The number of amidine groups is 1. The van der Waals surface area contributed by atoms with Gasteiger partial charge in [-0.25, -0.2) is 4.79 Å². The summed E-state index contributed by atoms with van der Waals surface area (Å²) in [6, 6.07) is 0. The third kappa shape index (κ3) is 6.35. The Labute approximate surface area is 284 Å². The van der Waals surface area contributed by atoms with E-state index in [9.17, 15) is 19.8 Å². The van der Waals surface area contributed by atoms with Crippen LogP contribution < -0.4 is 25.3 Å². The number of aliphatic hydroxyl groups is 2. The highest BCUT2D eigenvalue weighted by Gasteiger charge is 2.44. The van der Waals surface area contributed by atoms with Gasteiger partial charge in [0.05, 0.1) is 37.1 Å². The summed E-state index contributed by atoms with van der Waals surface area (Å²) in [7, 11) is 1.54. The summed E-state index contributed by atoms with van der Waals surface area (Å²) in [4.78, 5) is 41.4. The number of aliphatic imine (C=N–C) groups is 3. The molecule has 5 heterocycles. The zero-order chi connectivity index (χ0) is 34.9. The quantitative estimate of drug-likeness (QED) is 0.176. The second kappa shape index (κ2) is 13.9. The second-order valence-electron chi connectivity index (χ2n) is 12.5. The molecule has 1 aromatic rings. The first kappa shape index (κ1) is 34.0. The molecule has 0 aromatic heterocycles. The van der Waals surface area contributed by atoms with Crippen LogP contribution in [0.1, 0.15) is 69.6 Å². The maximum atomic E-state index is 13.0. The summed E-state index contributed by atoms with van der Waals surface area (Å²) in [5, 5.41) is 25.5. The average molecular weight is 678 g/mol. The summed E-state index contributed by atoms with van der Waals surface area (Å²) < 4.78 is 23.8. The lowest BCUT2D eigenvalue weighted by atomic mass is 9.87. The fourth-order valence-corrected chi connectivity index (χ4v) is 6.69. The van der Waals surface area contributed by atoms with Crippen LogP contribution in [0.2, 0.25) is 0 Å². The van der Waals surface area contributed by atoms with Crippen LogP contribution in [0.5, 0.6) is 17.2 Å². The number of carbonyl (C=O) groups is 2. The SMILES string of the molecule is CCCCCCC(C)(O)C1Cc2c(c(CO)c3c(c2OC)C(=CCN2C=CNC2N2CN=C4C(=O)N=C(N)N=C42)C=C(C(=O)OCC)O3)O1. The number of ether oxygens (including phenoxy) is 4. The molecular formula is C34H43N7O8. The van der Waals surface area contributed by atoms with Gasteiger partial charge in [-0.2, -0.15) is 9.98 Å². The molecule has 15 heteroatoms. The van der Waals surface area contributed by atoms with Crippen molar-refractivity contribution < 1.29 is 38.7 Å². The predicted molar refractivity (Wildman–Crippen MR) is 181 cm³/mol. The van der Waals surface area contributed by atoms with Crippen LogP contribution >= 0.6 is 0 Å². The van der Waals surface area contributed by atoms with E-state index in [1.54, 1.807) is 38.1 Å². The number of guanidine groups is 1. The molecule has 15 nitrogen and oxygen atoms in total. The van der Waals surface area contributed by atoms with E-state index in [2.05, 4.69) is 27.2 Å². The van der Waals surface area contributed by atoms with Crippen LogP contribution in [0.15, 0.2) is 45.3 Å². The number of aliphatic hydroxyl groups excluding tert-OH is 1. The number of hydrogen-bond donors (Lipinski definition) is 4. The van der Waals surface area contributed by atoms with Crippen LogP contribution in [0.4, 0.5) is 0 Å². The van der Waals surface area contributed by atoms with Crippen LogP contribution in [-0.4, -0.2) is 94.3 Å². The average Bonchev–Trinajstić information content (AvgIpc) is 3.83. The van der Waals surface area contributed by atoms with E-state index in [4.69, 9.17) is 24.7 Å². The molecule has 49 heavy (non-hydrogen) atoms. The lowest BCUT2D eigenvalue weighted by Crippen LogP contribution is -2.53. The van der Waals surface area contributed by atoms with Crippen molar-refractivity contribution in [3.63, 3.8) is 0 Å². The van der Waals surface area contributed by atoms with Crippen LogP contribution in [0.3, 0.4) is 0 Å². The molecule has 1 aromatic carbocycles.